The molecule has 178 valence electrons. The number of para-hydroxylation sites is 1. The second-order valence-electron chi connectivity index (χ2n) is 8.49. The first-order valence-electron chi connectivity index (χ1n) is 11.4. The first kappa shape index (κ1) is 23.0. The molecular formula is C26H24ClN5O3. The molecule has 4 aromatic rings. The smallest absolute Gasteiger partial charge is 0.254 e. The molecule has 8 nitrogen and oxygen atoms in total. The van der Waals surface area contributed by atoms with Crippen LogP contribution in [-0.2, 0) is 4.79 Å². The summed E-state index contributed by atoms with van der Waals surface area (Å²) in [6.45, 7) is 4.22. The number of hydrogen-bond acceptors (Lipinski definition) is 6. The van der Waals surface area contributed by atoms with Crippen LogP contribution < -0.4 is 5.32 Å². The minimum absolute atomic E-state index is 0.0564. The number of rotatable bonds is 5. The standard InChI is InChI=1S/C26H24ClN5O3/c1-17-14-24(30-35-17)29-25(33)16-31-10-12-32(13-11-31)26(34)20-15-23(19-7-2-4-8-21(19)27)28-22-9-5-3-6-18(20)22/h2-9,14-15H,10-13,16H2,1H3,(H,29,30,33). The lowest BCUT2D eigenvalue weighted by Crippen LogP contribution is -2.50. The van der Waals surface area contributed by atoms with Crippen LogP contribution in [0, 0.1) is 6.92 Å². The van der Waals surface area contributed by atoms with Gasteiger partial charge in [-0.1, -0.05) is 53.2 Å². The Balaban J connectivity index is 1.31. The van der Waals surface area contributed by atoms with E-state index in [4.69, 9.17) is 21.1 Å². The number of benzene rings is 2. The average Bonchev–Trinajstić information content (AvgIpc) is 3.27. The quantitative estimate of drug-likeness (QED) is 0.450. The molecule has 0 radical (unpaired) electrons. The van der Waals surface area contributed by atoms with Gasteiger partial charge < -0.3 is 14.7 Å². The first-order chi connectivity index (χ1) is 17.0. The van der Waals surface area contributed by atoms with Crippen LogP contribution in [0.1, 0.15) is 16.1 Å². The highest BCUT2D eigenvalue weighted by Gasteiger charge is 2.25. The van der Waals surface area contributed by atoms with Crippen molar-refractivity contribution >= 4 is 40.1 Å². The predicted octanol–water partition coefficient (Wildman–Crippen LogP) is 4.25. The van der Waals surface area contributed by atoms with E-state index in [9.17, 15) is 9.59 Å². The van der Waals surface area contributed by atoms with Crippen molar-refractivity contribution in [3.05, 3.63) is 77.0 Å². The summed E-state index contributed by atoms with van der Waals surface area (Å²) in [5, 5.41) is 7.91. The molecule has 3 heterocycles. The highest BCUT2D eigenvalue weighted by Crippen LogP contribution is 2.30. The van der Waals surface area contributed by atoms with E-state index in [-0.39, 0.29) is 18.4 Å². The van der Waals surface area contributed by atoms with Crippen LogP contribution >= 0.6 is 11.6 Å². The van der Waals surface area contributed by atoms with Gasteiger partial charge in [0.25, 0.3) is 5.91 Å². The van der Waals surface area contributed by atoms with Crippen LogP contribution in [0.5, 0.6) is 0 Å². The molecule has 0 bridgehead atoms. The van der Waals surface area contributed by atoms with Gasteiger partial charge in [0.05, 0.1) is 23.3 Å². The number of hydrogen-bond donors (Lipinski definition) is 1. The Morgan fingerprint density at radius 1 is 1.03 bits per heavy atom. The number of aryl methyl sites for hydroxylation is 1. The van der Waals surface area contributed by atoms with Crippen molar-refractivity contribution in [2.75, 3.05) is 38.0 Å². The molecule has 9 heteroatoms. The predicted molar refractivity (Wildman–Crippen MR) is 134 cm³/mol. The fourth-order valence-corrected chi connectivity index (χ4v) is 4.48. The van der Waals surface area contributed by atoms with Gasteiger partial charge in [0.1, 0.15) is 5.76 Å². The van der Waals surface area contributed by atoms with Gasteiger partial charge in [-0.3, -0.25) is 14.5 Å². The van der Waals surface area contributed by atoms with Crippen LogP contribution in [0.25, 0.3) is 22.2 Å². The normalized spacial score (nSPS) is 14.3. The zero-order valence-electron chi connectivity index (χ0n) is 19.2. The molecule has 1 saturated heterocycles. The molecule has 2 aromatic carbocycles. The molecule has 2 amide bonds. The number of pyridine rings is 1. The monoisotopic (exact) mass is 489 g/mol. The first-order valence-corrected chi connectivity index (χ1v) is 11.8. The van der Waals surface area contributed by atoms with E-state index in [1.165, 1.54) is 0 Å². The second-order valence-corrected chi connectivity index (χ2v) is 8.90. The van der Waals surface area contributed by atoms with Crippen molar-refractivity contribution in [3.8, 4) is 11.3 Å². The number of nitrogens with one attached hydrogen (secondary N) is 1. The Hall–Kier alpha value is -3.75. The molecule has 1 aliphatic heterocycles. The highest BCUT2D eigenvalue weighted by molar-refractivity contribution is 6.33. The summed E-state index contributed by atoms with van der Waals surface area (Å²) in [7, 11) is 0. The zero-order chi connectivity index (χ0) is 24.4. The van der Waals surface area contributed by atoms with Crippen molar-refractivity contribution in [3.63, 3.8) is 0 Å². The Kier molecular flexibility index (Phi) is 6.48. The van der Waals surface area contributed by atoms with Crippen molar-refractivity contribution in [2.24, 2.45) is 0 Å². The minimum atomic E-state index is -0.164. The van der Waals surface area contributed by atoms with E-state index in [0.717, 1.165) is 16.5 Å². The Morgan fingerprint density at radius 3 is 2.51 bits per heavy atom. The van der Waals surface area contributed by atoms with E-state index in [1.807, 2.05) is 64.4 Å². The molecular weight excluding hydrogens is 466 g/mol. The SMILES string of the molecule is Cc1cc(NC(=O)CN2CCN(C(=O)c3cc(-c4ccccc4Cl)nc4ccccc34)CC2)no1. The molecule has 1 fully saturated rings. The van der Waals surface area contributed by atoms with Gasteiger partial charge in [0.2, 0.25) is 5.91 Å². The third-order valence-corrected chi connectivity index (χ3v) is 6.35. The third-order valence-electron chi connectivity index (χ3n) is 6.02. The van der Waals surface area contributed by atoms with Gasteiger partial charge in [-0.15, -0.1) is 0 Å². The summed E-state index contributed by atoms with van der Waals surface area (Å²) in [5.74, 6) is 0.815. The maximum absolute atomic E-state index is 13.6. The van der Waals surface area contributed by atoms with Gasteiger partial charge in [-0.25, -0.2) is 4.98 Å². The number of fused-ring (bicyclic) bond motifs is 1. The largest absolute Gasteiger partial charge is 0.360 e. The molecule has 1 aliphatic rings. The Labute approximate surface area is 207 Å². The molecule has 35 heavy (non-hydrogen) atoms. The number of piperazine rings is 1. The summed E-state index contributed by atoms with van der Waals surface area (Å²) in [5.41, 5.74) is 2.79. The van der Waals surface area contributed by atoms with Gasteiger partial charge in [-0.2, -0.15) is 0 Å². The van der Waals surface area contributed by atoms with Gasteiger partial charge in [0, 0.05) is 48.2 Å². The highest BCUT2D eigenvalue weighted by atomic mass is 35.5. The van der Waals surface area contributed by atoms with Crippen LogP contribution in [0.15, 0.2) is 65.2 Å². The molecule has 0 atom stereocenters. The number of carbonyl (C=O) groups is 2. The van der Waals surface area contributed by atoms with Crippen LogP contribution in [0.3, 0.4) is 0 Å². The fraction of sp³-hybridized carbons (Fsp3) is 0.231. The fourth-order valence-electron chi connectivity index (χ4n) is 4.25. The van der Waals surface area contributed by atoms with Crippen molar-refractivity contribution in [2.45, 2.75) is 6.92 Å². The third kappa shape index (κ3) is 5.03. The topological polar surface area (TPSA) is 91.6 Å². The van der Waals surface area contributed by atoms with Crippen molar-refractivity contribution in [1.29, 1.82) is 0 Å². The number of aromatic nitrogens is 2. The average molecular weight is 490 g/mol. The second kappa shape index (κ2) is 9.85. The lowest BCUT2D eigenvalue weighted by Gasteiger charge is -2.34. The number of halogens is 1. The van der Waals surface area contributed by atoms with Gasteiger partial charge in [0.15, 0.2) is 5.82 Å². The molecule has 0 saturated carbocycles. The number of nitrogens with zero attached hydrogens (tertiary/aromatic N) is 4. The number of carbonyl (C=O) groups excluding carboxylic acids is 2. The van der Waals surface area contributed by atoms with Gasteiger partial charge in [-0.05, 0) is 25.1 Å². The molecule has 2 aromatic heterocycles. The lowest BCUT2D eigenvalue weighted by atomic mass is 10.0. The van der Waals surface area contributed by atoms with E-state index in [2.05, 4.69) is 10.5 Å². The van der Waals surface area contributed by atoms with Crippen molar-refractivity contribution < 1.29 is 14.1 Å². The maximum atomic E-state index is 13.6. The summed E-state index contributed by atoms with van der Waals surface area (Å²) in [4.78, 5) is 34.5. The molecule has 0 unspecified atom stereocenters. The van der Waals surface area contributed by atoms with Crippen LogP contribution in [-0.4, -0.2) is 64.5 Å². The van der Waals surface area contributed by atoms with Crippen LogP contribution in [0.2, 0.25) is 5.02 Å². The van der Waals surface area contributed by atoms with Crippen LogP contribution in [0.4, 0.5) is 5.82 Å². The summed E-state index contributed by atoms with van der Waals surface area (Å²) in [6, 6.07) is 18.6. The molecule has 0 spiro atoms. The summed E-state index contributed by atoms with van der Waals surface area (Å²) in [6.07, 6.45) is 0. The van der Waals surface area contributed by atoms with Crippen molar-refractivity contribution in [1.82, 2.24) is 19.9 Å². The van der Waals surface area contributed by atoms with E-state index in [1.54, 1.807) is 13.0 Å². The number of anilines is 1. The summed E-state index contributed by atoms with van der Waals surface area (Å²) >= 11 is 6.42. The maximum Gasteiger partial charge on any atom is 0.254 e. The summed E-state index contributed by atoms with van der Waals surface area (Å²) < 4.78 is 4.98. The molecule has 0 aliphatic carbocycles. The van der Waals surface area contributed by atoms with E-state index in [0.29, 0.717) is 54.0 Å². The zero-order valence-corrected chi connectivity index (χ0v) is 20.0. The van der Waals surface area contributed by atoms with E-state index < -0.39 is 0 Å². The Bertz CT molecular complexity index is 1390. The van der Waals surface area contributed by atoms with E-state index >= 15 is 0 Å². The minimum Gasteiger partial charge on any atom is -0.360 e. The molecule has 5 rings (SSSR count). The molecule has 1 N–H and O–H groups in total. The Morgan fingerprint density at radius 2 is 1.77 bits per heavy atom. The number of amides is 2. The van der Waals surface area contributed by atoms with Gasteiger partial charge >= 0.3 is 0 Å². The lowest BCUT2D eigenvalue weighted by molar-refractivity contribution is -0.117.